The molecular weight excluding hydrogens is 304 g/mol. The summed E-state index contributed by atoms with van der Waals surface area (Å²) < 4.78 is 0. The Morgan fingerprint density at radius 2 is 1.92 bits per heavy atom. The maximum atomic E-state index is 12.7. The van der Waals surface area contributed by atoms with Crippen LogP contribution in [-0.2, 0) is 9.59 Å². The average Bonchev–Trinajstić information content (AvgIpc) is 3.21. The van der Waals surface area contributed by atoms with Crippen molar-refractivity contribution in [3.8, 4) is 0 Å². The molecule has 0 radical (unpaired) electrons. The van der Waals surface area contributed by atoms with Crippen LogP contribution in [0.25, 0.3) is 0 Å². The first-order valence-corrected chi connectivity index (χ1v) is 8.87. The van der Waals surface area contributed by atoms with Gasteiger partial charge in [-0.25, -0.2) is 4.98 Å². The van der Waals surface area contributed by atoms with Crippen molar-refractivity contribution in [2.45, 2.75) is 45.6 Å². The molecule has 0 saturated carbocycles. The Kier molecular flexibility index (Phi) is 5.02. The van der Waals surface area contributed by atoms with Gasteiger partial charge in [-0.15, -0.1) is 0 Å². The Morgan fingerprint density at radius 3 is 2.46 bits per heavy atom. The maximum Gasteiger partial charge on any atom is 0.247 e. The van der Waals surface area contributed by atoms with Crippen molar-refractivity contribution in [2.75, 3.05) is 29.9 Å². The van der Waals surface area contributed by atoms with Crippen LogP contribution in [0.2, 0.25) is 0 Å². The van der Waals surface area contributed by atoms with E-state index in [2.05, 4.69) is 15.2 Å². The molecule has 2 aliphatic heterocycles. The number of anilines is 2. The summed E-state index contributed by atoms with van der Waals surface area (Å²) in [6, 6.07) is 3.42. The molecule has 2 amide bonds. The highest BCUT2D eigenvalue weighted by molar-refractivity contribution is 5.97. The summed E-state index contributed by atoms with van der Waals surface area (Å²) >= 11 is 0. The monoisotopic (exact) mass is 330 g/mol. The van der Waals surface area contributed by atoms with Crippen molar-refractivity contribution >= 4 is 23.3 Å². The van der Waals surface area contributed by atoms with Gasteiger partial charge in [-0.05, 0) is 37.3 Å². The summed E-state index contributed by atoms with van der Waals surface area (Å²) in [6.07, 6.45) is 5.50. The molecular formula is C18H26N4O2. The number of carbonyl (C=O) groups excluding carboxylic acids is 2. The van der Waals surface area contributed by atoms with Crippen LogP contribution in [0.5, 0.6) is 0 Å². The van der Waals surface area contributed by atoms with Gasteiger partial charge in [0.1, 0.15) is 11.9 Å². The van der Waals surface area contributed by atoms with E-state index in [0.717, 1.165) is 25.3 Å². The van der Waals surface area contributed by atoms with E-state index >= 15 is 0 Å². The van der Waals surface area contributed by atoms with Gasteiger partial charge >= 0.3 is 0 Å². The van der Waals surface area contributed by atoms with E-state index in [9.17, 15) is 9.59 Å². The molecule has 1 atom stereocenters. The van der Waals surface area contributed by atoms with Gasteiger partial charge < -0.3 is 15.1 Å². The van der Waals surface area contributed by atoms with Crippen LogP contribution in [-0.4, -0.2) is 47.4 Å². The summed E-state index contributed by atoms with van der Waals surface area (Å²) in [4.78, 5) is 33.1. The van der Waals surface area contributed by atoms with Crippen molar-refractivity contribution in [3.05, 3.63) is 18.3 Å². The predicted molar refractivity (Wildman–Crippen MR) is 93.9 cm³/mol. The Labute approximate surface area is 143 Å². The molecule has 0 bridgehead atoms. The quantitative estimate of drug-likeness (QED) is 0.899. The van der Waals surface area contributed by atoms with E-state index in [1.807, 2.05) is 26.0 Å². The molecule has 0 spiro atoms. The van der Waals surface area contributed by atoms with Gasteiger partial charge in [0.25, 0.3) is 0 Å². The third-order valence-corrected chi connectivity index (χ3v) is 4.79. The Balaban J connectivity index is 1.67. The number of amides is 2. The summed E-state index contributed by atoms with van der Waals surface area (Å²) in [5.41, 5.74) is 0.681. The van der Waals surface area contributed by atoms with Gasteiger partial charge in [0.05, 0.1) is 11.9 Å². The summed E-state index contributed by atoms with van der Waals surface area (Å²) in [5.74, 6) is 0.979. The normalized spacial score (nSPS) is 19.2. The largest absolute Gasteiger partial charge is 0.357 e. The van der Waals surface area contributed by atoms with Gasteiger partial charge in [-0.2, -0.15) is 0 Å². The highest BCUT2D eigenvalue weighted by Gasteiger charge is 2.34. The lowest BCUT2D eigenvalue weighted by Crippen LogP contribution is -2.47. The zero-order valence-electron chi connectivity index (χ0n) is 14.5. The number of hydrogen-bond donors (Lipinski definition) is 1. The molecule has 2 fully saturated rings. The summed E-state index contributed by atoms with van der Waals surface area (Å²) in [5, 5.41) is 2.92. The van der Waals surface area contributed by atoms with Crippen LogP contribution in [0, 0.1) is 5.92 Å². The molecule has 6 heteroatoms. The summed E-state index contributed by atoms with van der Waals surface area (Å²) in [7, 11) is 0. The number of pyridine rings is 1. The molecule has 3 rings (SSSR count). The highest BCUT2D eigenvalue weighted by Crippen LogP contribution is 2.22. The Morgan fingerprint density at radius 1 is 1.17 bits per heavy atom. The molecule has 0 aromatic carbocycles. The molecule has 1 aromatic rings. The molecule has 0 unspecified atom stereocenters. The molecule has 2 saturated heterocycles. The molecule has 130 valence electrons. The minimum absolute atomic E-state index is 0.0730. The van der Waals surface area contributed by atoms with E-state index in [1.165, 1.54) is 12.8 Å². The van der Waals surface area contributed by atoms with Crippen LogP contribution in [0.1, 0.15) is 39.5 Å². The van der Waals surface area contributed by atoms with E-state index in [0.29, 0.717) is 18.7 Å². The number of likely N-dealkylation sites (tertiary alicyclic amines) is 1. The van der Waals surface area contributed by atoms with Crippen molar-refractivity contribution in [1.29, 1.82) is 0 Å². The molecule has 24 heavy (non-hydrogen) atoms. The first-order chi connectivity index (χ1) is 11.6. The van der Waals surface area contributed by atoms with Gasteiger partial charge in [0.2, 0.25) is 11.8 Å². The lowest BCUT2D eigenvalue weighted by molar-refractivity contribution is -0.136. The number of nitrogens with one attached hydrogen (secondary N) is 1. The van der Waals surface area contributed by atoms with Crippen molar-refractivity contribution in [1.82, 2.24) is 9.88 Å². The van der Waals surface area contributed by atoms with Gasteiger partial charge in [0, 0.05) is 26.1 Å². The first kappa shape index (κ1) is 16.7. The maximum absolute atomic E-state index is 12.7. The van der Waals surface area contributed by atoms with E-state index in [4.69, 9.17) is 0 Å². The van der Waals surface area contributed by atoms with Crippen LogP contribution >= 0.6 is 0 Å². The number of rotatable bonds is 5. The topological polar surface area (TPSA) is 65.5 Å². The fourth-order valence-corrected chi connectivity index (χ4v) is 3.58. The van der Waals surface area contributed by atoms with Gasteiger partial charge in [-0.3, -0.25) is 9.59 Å². The van der Waals surface area contributed by atoms with Crippen molar-refractivity contribution < 1.29 is 9.59 Å². The van der Waals surface area contributed by atoms with Crippen LogP contribution < -0.4 is 10.2 Å². The van der Waals surface area contributed by atoms with E-state index in [-0.39, 0.29) is 17.7 Å². The third kappa shape index (κ3) is 3.52. The Bertz CT molecular complexity index is 594. The number of carbonyl (C=O) groups is 2. The van der Waals surface area contributed by atoms with E-state index in [1.54, 1.807) is 11.1 Å². The van der Waals surface area contributed by atoms with Gasteiger partial charge in [0.15, 0.2) is 0 Å². The minimum atomic E-state index is -0.418. The smallest absolute Gasteiger partial charge is 0.247 e. The first-order valence-electron chi connectivity index (χ1n) is 8.87. The van der Waals surface area contributed by atoms with Crippen molar-refractivity contribution in [2.24, 2.45) is 5.92 Å². The molecule has 3 heterocycles. The third-order valence-electron chi connectivity index (χ3n) is 4.79. The molecule has 1 N–H and O–H groups in total. The van der Waals surface area contributed by atoms with Crippen LogP contribution in [0.3, 0.4) is 0 Å². The lowest BCUT2D eigenvalue weighted by Gasteiger charge is -2.29. The SMILES string of the molecule is CC(C)[C@H](C(=O)Nc1ccc(N2CCCC2)nc1)N1CCCC1=O. The van der Waals surface area contributed by atoms with Gasteiger partial charge in [-0.1, -0.05) is 13.8 Å². The second-order valence-corrected chi connectivity index (χ2v) is 6.97. The van der Waals surface area contributed by atoms with Crippen molar-refractivity contribution in [3.63, 3.8) is 0 Å². The lowest BCUT2D eigenvalue weighted by atomic mass is 10.0. The molecule has 0 aliphatic carbocycles. The number of aromatic nitrogens is 1. The zero-order valence-corrected chi connectivity index (χ0v) is 14.5. The van der Waals surface area contributed by atoms with Crippen LogP contribution in [0.15, 0.2) is 18.3 Å². The van der Waals surface area contributed by atoms with E-state index < -0.39 is 6.04 Å². The fraction of sp³-hybridized carbons (Fsp3) is 0.611. The highest BCUT2D eigenvalue weighted by atomic mass is 16.2. The number of hydrogen-bond acceptors (Lipinski definition) is 4. The van der Waals surface area contributed by atoms with Crippen LogP contribution in [0.4, 0.5) is 11.5 Å². The molecule has 2 aliphatic rings. The standard InChI is InChI=1S/C18H26N4O2/c1-13(2)17(22-11-5-6-16(22)23)18(24)20-14-7-8-15(19-12-14)21-9-3-4-10-21/h7-8,12-13,17H,3-6,9-11H2,1-2H3,(H,20,24)/t17-/m1/s1. The fourth-order valence-electron chi connectivity index (χ4n) is 3.58. The molecule has 6 nitrogen and oxygen atoms in total. The Hall–Kier alpha value is -2.11. The second kappa shape index (κ2) is 7.20. The second-order valence-electron chi connectivity index (χ2n) is 6.97. The molecule has 1 aromatic heterocycles. The zero-order chi connectivity index (χ0) is 17.1. The summed E-state index contributed by atoms with van der Waals surface area (Å²) in [6.45, 7) is 6.72. The average molecular weight is 330 g/mol. The predicted octanol–water partition coefficient (Wildman–Crippen LogP) is 2.27. The number of nitrogens with zero attached hydrogens (tertiary/aromatic N) is 3. The minimum Gasteiger partial charge on any atom is -0.357 e.